The van der Waals surface area contributed by atoms with Crippen LogP contribution in [0.5, 0.6) is 11.5 Å². The van der Waals surface area contributed by atoms with Crippen molar-refractivity contribution in [2.75, 3.05) is 50.8 Å². The molecular weight excluding hydrogens is 548 g/mol. The van der Waals surface area contributed by atoms with Gasteiger partial charge in [-0.2, -0.15) is 0 Å². The Labute approximate surface area is 250 Å². The zero-order chi connectivity index (χ0) is 29.2. The van der Waals surface area contributed by atoms with Crippen molar-refractivity contribution in [3.8, 4) is 11.5 Å². The summed E-state index contributed by atoms with van der Waals surface area (Å²) in [7, 11) is 0. The van der Waals surface area contributed by atoms with Crippen LogP contribution in [0, 0.1) is 0 Å². The maximum atomic E-state index is 13.4. The van der Waals surface area contributed by atoms with Crippen LogP contribution in [0.15, 0.2) is 60.9 Å². The summed E-state index contributed by atoms with van der Waals surface area (Å²) in [6.45, 7) is 4.44. The molecule has 3 aliphatic heterocycles. The minimum Gasteiger partial charge on any atom is -0.457 e. The highest BCUT2D eigenvalue weighted by atomic mass is 16.5. The number of anilines is 1. The van der Waals surface area contributed by atoms with Crippen LogP contribution in [0.2, 0.25) is 0 Å². The summed E-state index contributed by atoms with van der Waals surface area (Å²) in [6.07, 6.45) is 5.07. The zero-order valence-corrected chi connectivity index (χ0v) is 24.1. The quantitative estimate of drug-likeness (QED) is 0.497. The second-order valence-corrected chi connectivity index (χ2v) is 11.6. The Morgan fingerprint density at radius 1 is 0.930 bits per heavy atom. The Morgan fingerprint density at radius 2 is 1.70 bits per heavy atom. The van der Waals surface area contributed by atoms with E-state index in [2.05, 4.69) is 26.3 Å². The molecule has 4 bridgehead atoms. The van der Waals surface area contributed by atoms with Gasteiger partial charge in [-0.3, -0.25) is 19.5 Å². The van der Waals surface area contributed by atoms with Crippen molar-refractivity contribution in [3.63, 3.8) is 0 Å². The van der Waals surface area contributed by atoms with Gasteiger partial charge < -0.3 is 29.3 Å². The number of nitrogens with one attached hydrogen (secondary N) is 1. The number of ether oxygens (including phenoxy) is 3. The Morgan fingerprint density at radius 3 is 2.49 bits per heavy atom. The second-order valence-electron chi connectivity index (χ2n) is 11.6. The topological polar surface area (TPSA) is 109 Å². The van der Waals surface area contributed by atoms with Crippen LogP contribution in [-0.4, -0.2) is 95.7 Å². The Balaban J connectivity index is 1.13. The lowest BCUT2D eigenvalue weighted by molar-refractivity contribution is -0.124. The molecule has 43 heavy (non-hydrogen) atoms. The third-order valence-electron chi connectivity index (χ3n) is 8.37. The number of benzene rings is 2. The first-order chi connectivity index (χ1) is 21.1. The number of aromatic nitrogens is 2. The molecule has 2 saturated heterocycles. The first-order valence-corrected chi connectivity index (χ1v) is 15.0. The second kappa shape index (κ2) is 12.3. The summed E-state index contributed by atoms with van der Waals surface area (Å²) in [5, 5.41) is 3.27. The molecule has 11 nitrogen and oxygen atoms in total. The van der Waals surface area contributed by atoms with Crippen molar-refractivity contribution < 1.29 is 23.8 Å². The van der Waals surface area contributed by atoms with Crippen molar-refractivity contribution in [2.45, 2.75) is 44.2 Å². The lowest BCUT2D eigenvalue weighted by Gasteiger charge is -2.26. The molecule has 224 valence electrons. The third-order valence-corrected chi connectivity index (χ3v) is 8.37. The molecule has 4 heterocycles. The minimum absolute atomic E-state index is 0.0313. The SMILES string of the molecule is O=C1CN(C2CC2)Cc2cccc(c2)Oc2cccc(c2)CO[C@H]2CN(c3cncc(C(=O)N4CCOCC4)n3)C[C@@H]2N1. The molecule has 0 spiro atoms. The van der Waals surface area contributed by atoms with Gasteiger partial charge in [0, 0.05) is 38.8 Å². The van der Waals surface area contributed by atoms with E-state index in [-0.39, 0.29) is 24.0 Å². The molecule has 7 rings (SSSR count). The number of carbonyl (C=O) groups excluding carboxylic acids is 2. The maximum Gasteiger partial charge on any atom is 0.274 e. The van der Waals surface area contributed by atoms with E-state index in [1.165, 1.54) is 6.20 Å². The molecule has 0 radical (unpaired) electrons. The van der Waals surface area contributed by atoms with Crippen molar-refractivity contribution in [1.29, 1.82) is 0 Å². The summed E-state index contributed by atoms with van der Waals surface area (Å²) in [6, 6.07) is 16.1. The van der Waals surface area contributed by atoms with E-state index >= 15 is 0 Å². The number of carbonyl (C=O) groups is 2. The van der Waals surface area contributed by atoms with E-state index in [0.717, 1.165) is 35.5 Å². The smallest absolute Gasteiger partial charge is 0.274 e. The van der Waals surface area contributed by atoms with Gasteiger partial charge in [0.25, 0.3) is 5.91 Å². The minimum atomic E-state index is -0.288. The molecule has 11 heteroatoms. The van der Waals surface area contributed by atoms with Crippen LogP contribution in [-0.2, 0) is 27.4 Å². The molecule has 1 aromatic heterocycles. The van der Waals surface area contributed by atoms with Crippen LogP contribution >= 0.6 is 0 Å². The molecule has 0 unspecified atom stereocenters. The summed E-state index contributed by atoms with van der Waals surface area (Å²) in [5.74, 6) is 1.92. The van der Waals surface area contributed by atoms with Gasteiger partial charge in [-0.05, 0) is 48.2 Å². The largest absolute Gasteiger partial charge is 0.457 e. The van der Waals surface area contributed by atoms with Gasteiger partial charge in [0.1, 0.15) is 23.0 Å². The van der Waals surface area contributed by atoms with E-state index in [1.54, 1.807) is 11.1 Å². The van der Waals surface area contributed by atoms with E-state index in [9.17, 15) is 9.59 Å². The van der Waals surface area contributed by atoms with Gasteiger partial charge >= 0.3 is 0 Å². The third kappa shape index (κ3) is 6.64. The highest BCUT2D eigenvalue weighted by Gasteiger charge is 2.37. The molecule has 2 amide bonds. The molecule has 2 aromatic carbocycles. The average Bonchev–Trinajstić information content (AvgIpc) is 3.81. The predicted molar refractivity (Wildman–Crippen MR) is 158 cm³/mol. The summed E-state index contributed by atoms with van der Waals surface area (Å²) in [4.78, 5) is 41.6. The number of hydrogen-bond donors (Lipinski definition) is 1. The Bertz CT molecular complexity index is 1480. The molecule has 1 saturated carbocycles. The van der Waals surface area contributed by atoms with Gasteiger partial charge in [0.15, 0.2) is 0 Å². The predicted octanol–water partition coefficient (Wildman–Crippen LogP) is 2.61. The van der Waals surface area contributed by atoms with Crippen LogP contribution < -0.4 is 15.0 Å². The van der Waals surface area contributed by atoms with Gasteiger partial charge in [-0.1, -0.05) is 24.3 Å². The summed E-state index contributed by atoms with van der Waals surface area (Å²) in [5.41, 5.74) is 2.39. The molecule has 2 atom stereocenters. The van der Waals surface area contributed by atoms with E-state index in [1.807, 2.05) is 47.4 Å². The molecule has 1 aliphatic carbocycles. The lowest BCUT2D eigenvalue weighted by atomic mass is 10.1. The van der Waals surface area contributed by atoms with Gasteiger partial charge in [-0.15, -0.1) is 0 Å². The van der Waals surface area contributed by atoms with E-state index in [0.29, 0.717) is 76.6 Å². The van der Waals surface area contributed by atoms with Crippen LogP contribution in [0.3, 0.4) is 0 Å². The number of morpholine rings is 1. The number of fused-ring (bicyclic) bond motifs is 5. The van der Waals surface area contributed by atoms with Crippen LogP contribution in [0.1, 0.15) is 34.5 Å². The van der Waals surface area contributed by atoms with Gasteiger partial charge in [0.05, 0.1) is 50.9 Å². The number of hydrogen-bond acceptors (Lipinski definition) is 9. The molecule has 3 aromatic rings. The van der Waals surface area contributed by atoms with Crippen molar-refractivity contribution in [1.82, 2.24) is 25.1 Å². The molecule has 1 N–H and O–H groups in total. The maximum absolute atomic E-state index is 13.4. The highest BCUT2D eigenvalue weighted by molar-refractivity contribution is 5.92. The monoisotopic (exact) mass is 584 g/mol. The van der Waals surface area contributed by atoms with Crippen molar-refractivity contribution in [3.05, 3.63) is 77.7 Å². The summed E-state index contributed by atoms with van der Waals surface area (Å²) < 4.78 is 18.0. The number of nitrogens with zero attached hydrogens (tertiary/aromatic N) is 5. The van der Waals surface area contributed by atoms with Gasteiger partial charge in [0.2, 0.25) is 5.91 Å². The average molecular weight is 585 g/mol. The van der Waals surface area contributed by atoms with Crippen LogP contribution in [0.25, 0.3) is 0 Å². The Hall–Kier alpha value is -4.06. The molecule has 4 aliphatic rings. The lowest BCUT2D eigenvalue weighted by Crippen LogP contribution is -2.48. The van der Waals surface area contributed by atoms with Crippen LogP contribution in [0.4, 0.5) is 5.82 Å². The molecular formula is C32H36N6O5. The first kappa shape index (κ1) is 27.8. The zero-order valence-electron chi connectivity index (χ0n) is 24.1. The fourth-order valence-electron chi connectivity index (χ4n) is 5.98. The first-order valence-electron chi connectivity index (χ1n) is 15.0. The summed E-state index contributed by atoms with van der Waals surface area (Å²) >= 11 is 0. The Kier molecular flexibility index (Phi) is 7.92. The fourth-order valence-corrected chi connectivity index (χ4v) is 5.98. The van der Waals surface area contributed by atoms with Crippen molar-refractivity contribution in [2.24, 2.45) is 0 Å². The van der Waals surface area contributed by atoms with Crippen molar-refractivity contribution >= 4 is 17.6 Å². The normalized spacial score (nSPS) is 23.3. The highest BCUT2D eigenvalue weighted by Crippen LogP contribution is 2.30. The number of amides is 2. The van der Waals surface area contributed by atoms with Gasteiger partial charge in [-0.25, -0.2) is 4.98 Å². The van der Waals surface area contributed by atoms with E-state index in [4.69, 9.17) is 14.2 Å². The fraction of sp³-hybridized carbons (Fsp3) is 0.438. The van der Waals surface area contributed by atoms with E-state index < -0.39 is 0 Å². The number of rotatable bonds is 3. The standard InChI is InChI=1S/C32H36N6O5/c39-31-20-37(24-7-8-24)17-22-3-1-5-25(13-22)43-26-6-2-4-23(14-26)21-42-29-19-38(18-28(29)35-31)30-16-33-15-27(34-30)32(40)36-9-11-41-12-10-36/h1-6,13-16,24,28-29H,7-12,17-21H2,(H,35,39)/t28-,29-/m0/s1. The molecule has 3 fully saturated rings.